The van der Waals surface area contributed by atoms with Crippen LogP contribution < -0.4 is 0 Å². The molecule has 0 aliphatic carbocycles. The van der Waals surface area contributed by atoms with Gasteiger partial charge in [0.2, 0.25) is 0 Å². The van der Waals surface area contributed by atoms with Crippen molar-refractivity contribution in [3.63, 3.8) is 0 Å². The minimum absolute atomic E-state index is 0.682. The average Bonchev–Trinajstić information content (AvgIpc) is 3.97. The van der Waals surface area contributed by atoms with Crippen LogP contribution in [0, 0.1) is 0 Å². The number of aromatic nitrogens is 5. The Labute approximate surface area is 403 Å². The molecule has 0 spiro atoms. The van der Waals surface area contributed by atoms with Crippen molar-refractivity contribution < 1.29 is 0 Å². The van der Waals surface area contributed by atoms with Crippen molar-refractivity contribution in [2.24, 2.45) is 0 Å². The fourth-order valence-corrected chi connectivity index (χ4v) is 10.7. The van der Waals surface area contributed by atoms with Gasteiger partial charge in [-0.2, -0.15) is 0 Å². The number of para-hydroxylation sites is 5. The van der Waals surface area contributed by atoms with Gasteiger partial charge in [-0.1, -0.05) is 200 Å². The Balaban J connectivity index is 0.916. The first-order valence-electron chi connectivity index (χ1n) is 23.8. The van der Waals surface area contributed by atoms with Crippen LogP contribution >= 0.6 is 0 Å². The molecule has 14 aromatic rings. The highest BCUT2D eigenvalue weighted by Gasteiger charge is 2.22. The first-order chi connectivity index (χ1) is 34.7. The fourth-order valence-electron chi connectivity index (χ4n) is 10.7. The maximum Gasteiger partial charge on any atom is 0.160 e. The third-order valence-corrected chi connectivity index (χ3v) is 13.9. The van der Waals surface area contributed by atoms with Gasteiger partial charge in [-0.25, -0.2) is 15.0 Å². The topological polar surface area (TPSA) is 48.5 Å². The van der Waals surface area contributed by atoms with Crippen LogP contribution in [0.2, 0.25) is 0 Å². The summed E-state index contributed by atoms with van der Waals surface area (Å²) in [5.74, 6) is 0.682. The molecule has 0 fully saturated rings. The van der Waals surface area contributed by atoms with E-state index in [9.17, 15) is 0 Å². The van der Waals surface area contributed by atoms with Crippen LogP contribution in [0.1, 0.15) is 0 Å². The average molecular weight is 892 g/mol. The SMILES string of the molecule is c1ccc(-c2nc(-c3ccc(-c4cccc5c4nc(-c4ccccc4)c4ccc6c7ccccc7n(-c7ccccc7)c6c45)cc3)cc(-c3ccc(-n4c5ccccc5c5ccccc54)cc3)n2)cc1. The molecule has 5 nitrogen and oxygen atoms in total. The second-order valence-electron chi connectivity index (χ2n) is 17.9. The van der Waals surface area contributed by atoms with E-state index in [1.165, 1.54) is 49.0 Å². The number of hydrogen-bond acceptors (Lipinski definition) is 3. The second-order valence-corrected chi connectivity index (χ2v) is 17.9. The van der Waals surface area contributed by atoms with Crippen LogP contribution in [-0.4, -0.2) is 24.1 Å². The molecule has 10 aromatic carbocycles. The first kappa shape index (κ1) is 39.7. The van der Waals surface area contributed by atoms with Crippen LogP contribution in [-0.2, 0) is 0 Å². The molecule has 4 heterocycles. The highest BCUT2D eigenvalue weighted by atomic mass is 15.0. The summed E-state index contributed by atoms with van der Waals surface area (Å²) < 4.78 is 4.78. The predicted molar refractivity (Wildman–Crippen MR) is 291 cm³/mol. The summed E-state index contributed by atoms with van der Waals surface area (Å²) in [5, 5.41) is 8.34. The number of nitrogens with zero attached hydrogens (tertiary/aromatic N) is 5. The molecule has 0 saturated heterocycles. The van der Waals surface area contributed by atoms with E-state index < -0.39 is 0 Å². The monoisotopic (exact) mass is 891 g/mol. The van der Waals surface area contributed by atoms with E-state index in [-0.39, 0.29) is 0 Å². The van der Waals surface area contributed by atoms with Gasteiger partial charge < -0.3 is 9.13 Å². The molecule has 0 N–H and O–H groups in total. The van der Waals surface area contributed by atoms with Crippen molar-refractivity contribution in [2.75, 3.05) is 0 Å². The maximum absolute atomic E-state index is 5.60. The summed E-state index contributed by atoms with van der Waals surface area (Å²) in [7, 11) is 0. The van der Waals surface area contributed by atoms with E-state index in [1.807, 2.05) is 18.2 Å². The Morgan fingerprint density at radius 2 is 0.757 bits per heavy atom. The Kier molecular flexibility index (Phi) is 9.14. The molecule has 0 bridgehead atoms. The van der Waals surface area contributed by atoms with E-state index in [0.717, 1.165) is 78.1 Å². The summed E-state index contributed by atoms with van der Waals surface area (Å²) in [6.45, 7) is 0. The molecule has 0 aliphatic rings. The fraction of sp³-hybridized carbons (Fsp3) is 0. The highest BCUT2D eigenvalue weighted by Crippen LogP contribution is 2.44. The molecule has 0 saturated carbocycles. The highest BCUT2D eigenvalue weighted by molar-refractivity contribution is 6.28. The maximum atomic E-state index is 5.60. The van der Waals surface area contributed by atoms with Crippen LogP contribution in [0.4, 0.5) is 0 Å². The molecule has 326 valence electrons. The Morgan fingerprint density at radius 3 is 1.39 bits per heavy atom. The standard InChI is InChI=1S/C65H41N5/c1-4-17-45(18-5-1)62-55-40-39-53-52-25-12-15-30-60(52)70(47-21-8-3-9-22-47)64(53)61(55)54-27-16-26-49(63(54)68-62)42-31-33-43(34-32-42)56-41-57(67-65(66-56)46-19-6-2-7-20-46)44-35-37-48(38-36-44)69-58-28-13-10-23-50(58)51-24-11-14-29-59(51)69/h1-41H. The van der Waals surface area contributed by atoms with Crippen molar-refractivity contribution in [1.29, 1.82) is 0 Å². The lowest BCUT2D eigenvalue weighted by atomic mass is 9.94. The molecule has 0 atom stereocenters. The molecule has 14 rings (SSSR count). The largest absolute Gasteiger partial charge is 0.309 e. The van der Waals surface area contributed by atoms with Gasteiger partial charge in [-0.15, -0.1) is 0 Å². The second kappa shape index (κ2) is 16.1. The van der Waals surface area contributed by atoms with Gasteiger partial charge >= 0.3 is 0 Å². The lowest BCUT2D eigenvalue weighted by Gasteiger charge is -2.16. The molecular weight excluding hydrogens is 851 g/mol. The van der Waals surface area contributed by atoms with E-state index in [1.54, 1.807) is 0 Å². The summed E-state index contributed by atoms with van der Waals surface area (Å²) in [6, 6.07) is 88.4. The van der Waals surface area contributed by atoms with Gasteiger partial charge in [-0.3, -0.25) is 0 Å². The predicted octanol–water partition coefficient (Wildman–Crippen LogP) is 16.7. The lowest BCUT2D eigenvalue weighted by molar-refractivity contribution is 1.17. The third-order valence-electron chi connectivity index (χ3n) is 13.9. The lowest BCUT2D eigenvalue weighted by Crippen LogP contribution is -1.97. The summed E-state index contributed by atoms with van der Waals surface area (Å²) in [4.78, 5) is 16.0. The number of pyridine rings is 1. The number of rotatable bonds is 7. The van der Waals surface area contributed by atoms with Crippen molar-refractivity contribution in [3.05, 3.63) is 249 Å². The first-order valence-corrected chi connectivity index (χ1v) is 23.8. The Morgan fingerprint density at radius 1 is 0.286 bits per heavy atom. The van der Waals surface area contributed by atoms with Crippen molar-refractivity contribution in [2.45, 2.75) is 0 Å². The van der Waals surface area contributed by atoms with Crippen molar-refractivity contribution in [1.82, 2.24) is 24.1 Å². The number of benzene rings is 10. The van der Waals surface area contributed by atoms with Gasteiger partial charge in [0, 0.05) is 76.9 Å². The van der Waals surface area contributed by atoms with Crippen molar-refractivity contribution in [3.8, 4) is 67.7 Å². The van der Waals surface area contributed by atoms with E-state index in [4.69, 9.17) is 15.0 Å². The summed E-state index contributed by atoms with van der Waals surface area (Å²) in [5.41, 5.74) is 16.8. The van der Waals surface area contributed by atoms with E-state index in [0.29, 0.717) is 5.82 Å². The van der Waals surface area contributed by atoms with Crippen LogP contribution in [0.15, 0.2) is 249 Å². The smallest absolute Gasteiger partial charge is 0.160 e. The third kappa shape index (κ3) is 6.36. The van der Waals surface area contributed by atoms with E-state index in [2.05, 4.69) is 240 Å². The molecular formula is C65H41N5. The number of hydrogen-bond donors (Lipinski definition) is 0. The molecule has 4 aromatic heterocycles. The van der Waals surface area contributed by atoms with Crippen molar-refractivity contribution >= 4 is 65.3 Å². The van der Waals surface area contributed by atoms with Gasteiger partial charge in [0.05, 0.1) is 44.7 Å². The zero-order valence-electron chi connectivity index (χ0n) is 37.9. The van der Waals surface area contributed by atoms with Crippen LogP contribution in [0.25, 0.3) is 133 Å². The zero-order valence-corrected chi connectivity index (χ0v) is 37.9. The summed E-state index contributed by atoms with van der Waals surface area (Å²) in [6.07, 6.45) is 0. The molecule has 70 heavy (non-hydrogen) atoms. The Hall–Kier alpha value is -9.45. The molecule has 5 heteroatoms. The van der Waals surface area contributed by atoms with Crippen LogP contribution in [0.5, 0.6) is 0 Å². The Bertz CT molecular complexity index is 4250. The quantitative estimate of drug-likeness (QED) is 0.150. The minimum atomic E-state index is 0.682. The van der Waals surface area contributed by atoms with Gasteiger partial charge in [0.25, 0.3) is 0 Å². The molecule has 0 amide bonds. The molecule has 0 radical (unpaired) electrons. The van der Waals surface area contributed by atoms with Crippen LogP contribution in [0.3, 0.4) is 0 Å². The van der Waals surface area contributed by atoms with Gasteiger partial charge in [0.15, 0.2) is 5.82 Å². The zero-order chi connectivity index (χ0) is 46.1. The normalized spacial score (nSPS) is 11.7. The minimum Gasteiger partial charge on any atom is -0.309 e. The summed E-state index contributed by atoms with van der Waals surface area (Å²) >= 11 is 0. The van der Waals surface area contributed by atoms with Gasteiger partial charge in [-0.05, 0) is 54.1 Å². The molecule has 0 unspecified atom stereocenters. The molecule has 0 aliphatic heterocycles. The van der Waals surface area contributed by atoms with Gasteiger partial charge in [0.1, 0.15) is 0 Å². The number of fused-ring (bicyclic) bond motifs is 10. The van der Waals surface area contributed by atoms with E-state index >= 15 is 0 Å².